The number of hydrogen-bond donors (Lipinski definition) is 0. The standard InChI is InChI=1S/C21H32O2/c1-18-10-6-16-19(2)8-5-9-20(3,17(22)23-4)15(19)7-11-21(16,14-18)13-12-18/h12-13,15-16H,5-11,14H2,1-4H3. The monoisotopic (exact) mass is 316 g/mol. The summed E-state index contributed by atoms with van der Waals surface area (Å²) in [6.07, 6.45) is 15.1. The molecule has 128 valence electrons. The van der Waals surface area contributed by atoms with Crippen molar-refractivity contribution in [3.8, 4) is 0 Å². The second kappa shape index (κ2) is 4.64. The van der Waals surface area contributed by atoms with Crippen LogP contribution in [-0.2, 0) is 9.53 Å². The van der Waals surface area contributed by atoms with E-state index in [4.69, 9.17) is 4.74 Å². The Morgan fingerprint density at radius 3 is 2.48 bits per heavy atom. The van der Waals surface area contributed by atoms with E-state index in [1.807, 2.05) is 0 Å². The van der Waals surface area contributed by atoms with Crippen molar-refractivity contribution in [2.24, 2.45) is 33.5 Å². The molecule has 0 aromatic heterocycles. The van der Waals surface area contributed by atoms with Gasteiger partial charge in [-0.3, -0.25) is 4.79 Å². The fraction of sp³-hybridized carbons (Fsp3) is 0.857. The summed E-state index contributed by atoms with van der Waals surface area (Å²) in [7, 11) is 1.57. The molecule has 2 heteroatoms. The maximum absolute atomic E-state index is 12.6. The van der Waals surface area contributed by atoms with Crippen molar-refractivity contribution < 1.29 is 9.53 Å². The fourth-order valence-electron chi connectivity index (χ4n) is 7.61. The van der Waals surface area contributed by atoms with E-state index < -0.39 is 0 Å². The number of carbonyl (C=O) groups is 1. The Morgan fingerprint density at radius 2 is 1.74 bits per heavy atom. The first-order valence-electron chi connectivity index (χ1n) is 9.57. The average molecular weight is 316 g/mol. The number of methoxy groups -OCH3 is 1. The number of hydrogen-bond acceptors (Lipinski definition) is 2. The van der Waals surface area contributed by atoms with Gasteiger partial charge in [0.15, 0.2) is 0 Å². The lowest BCUT2D eigenvalue weighted by atomic mass is 9.40. The molecule has 6 unspecified atom stereocenters. The summed E-state index contributed by atoms with van der Waals surface area (Å²) in [5.74, 6) is 1.28. The molecular formula is C21H32O2. The van der Waals surface area contributed by atoms with Crippen LogP contribution in [0.25, 0.3) is 0 Å². The van der Waals surface area contributed by atoms with Crippen LogP contribution < -0.4 is 0 Å². The zero-order chi connectivity index (χ0) is 16.5. The summed E-state index contributed by atoms with van der Waals surface area (Å²) in [6, 6.07) is 0. The Balaban J connectivity index is 1.73. The maximum atomic E-state index is 12.6. The van der Waals surface area contributed by atoms with Gasteiger partial charge in [0.2, 0.25) is 0 Å². The van der Waals surface area contributed by atoms with Crippen LogP contribution in [0.3, 0.4) is 0 Å². The number of esters is 1. The minimum absolute atomic E-state index is 0.0342. The van der Waals surface area contributed by atoms with Gasteiger partial charge in [-0.1, -0.05) is 32.4 Å². The summed E-state index contributed by atoms with van der Waals surface area (Å²) in [5, 5.41) is 0. The highest BCUT2D eigenvalue weighted by molar-refractivity contribution is 5.77. The van der Waals surface area contributed by atoms with E-state index in [0.29, 0.717) is 22.2 Å². The molecule has 4 aliphatic rings. The third kappa shape index (κ3) is 1.90. The molecule has 0 amide bonds. The molecule has 0 aromatic rings. The number of allylic oxidation sites excluding steroid dienone is 2. The summed E-state index contributed by atoms with van der Waals surface area (Å²) in [5.41, 5.74) is 0.897. The molecule has 0 aliphatic heterocycles. The van der Waals surface area contributed by atoms with Gasteiger partial charge >= 0.3 is 5.97 Å². The van der Waals surface area contributed by atoms with Gasteiger partial charge < -0.3 is 4.74 Å². The van der Waals surface area contributed by atoms with Crippen LogP contribution in [0.4, 0.5) is 0 Å². The first kappa shape index (κ1) is 15.7. The maximum Gasteiger partial charge on any atom is 0.311 e. The number of rotatable bonds is 1. The van der Waals surface area contributed by atoms with Gasteiger partial charge in [0, 0.05) is 0 Å². The van der Waals surface area contributed by atoms with Crippen LogP contribution in [0.5, 0.6) is 0 Å². The van der Waals surface area contributed by atoms with E-state index in [0.717, 1.165) is 12.3 Å². The molecule has 4 rings (SSSR count). The normalized spacial score (nSPS) is 54.3. The minimum atomic E-state index is -0.271. The summed E-state index contributed by atoms with van der Waals surface area (Å²) < 4.78 is 5.25. The third-order valence-electron chi connectivity index (χ3n) is 8.57. The molecule has 2 bridgehead atoms. The lowest BCUT2D eigenvalue weighted by Crippen LogP contribution is -2.58. The van der Waals surface area contributed by atoms with Crippen LogP contribution in [-0.4, -0.2) is 13.1 Å². The number of fused-ring (bicyclic) bond motifs is 3. The summed E-state index contributed by atoms with van der Waals surface area (Å²) in [4.78, 5) is 12.6. The van der Waals surface area contributed by atoms with Gasteiger partial charge in [-0.25, -0.2) is 0 Å². The first-order chi connectivity index (χ1) is 10.8. The molecule has 0 radical (unpaired) electrons. The number of ether oxygens (including phenoxy) is 1. The highest BCUT2D eigenvalue weighted by atomic mass is 16.5. The Bertz CT molecular complexity index is 560. The Morgan fingerprint density at radius 1 is 1.00 bits per heavy atom. The second-order valence-electron chi connectivity index (χ2n) is 9.85. The van der Waals surface area contributed by atoms with Crippen LogP contribution in [0.15, 0.2) is 12.2 Å². The van der Waals surface area contributed by atoms with E-state index in [1.165, 1.54) is 44.9 Å². The van der Waals surface area contributed by atoms with E-state index >= 15 is 0 Å². The molecule has 0 aromatic carbocycles. The lowest BCUT2D eigenvalue weighted by Gasteiger charge is -2.64. The molecule has 2 nitrogen and oxygen atoms in total. The van der Waals surface area contributed by atoms with Crippen molar-refractivity contribution in [2.45, 2.75) is 72.1 Å². The molecule has 0 N–H and O–H groups in total. The van der Waals surface area contributed by atoms with Crippen molar-refractivity contribution in [3.63, 3.8) is 0 Å². The summed E-state index contributed by atoms with van der Waals surface area (Å²) >= 11 is 0. The predicted octanol–water partition coefficient (Wildman–Crippen LogP) is 5.13. The smallest absolute Gasteiger partial charge is 0.311 e. The fourth-order valence-corrected chi connectivity index (χ4v) is 7.61. The van der Waals surface area contributed by atoms with Crippen LogP contribution in [0, 0.1) is 33.5 Å². The Labute approximate surface area is 141 Å². The van der Waals surface area contributed by atoms with Gasteiger partial charge in [-0.2, -0.15) is 0 Å². The van der Waals surface area contributed by atoms with E-state index in [9.17, 15) is 4.79 Å². The second-order valence-corrected chi connectivity index (χ2v) is 9.85. The van der Waals surface area contributed by atoms with Crippen LogP contribution >= 0.6 is 0 Å². The Kier molecular flexibility index (Phi) is 3.17. The molecule has 3 fully saturated rings. The molecular weight excluding hydrogens is 284 g/mol. The quantitative estimate of drug-likeness (QED) is 0.495. The highest BCUT2D eigenvalue weighted by Gasteiger charge is 2.65. The SMILES string of the molecule is COC(=O)C1(C)CCCC2(C)C3CCC4(C)C=CC3(CCC12)C4. The van der Waals surface area contributed by atoms with Crippen molar-refractivity contribution >= 4 is 5.97 Å². The van der Waals surface area contributed by atoms with E-state index in [1.54, 1.807) is 7.11 Å². The molecule has 1 spiro atoms. The van der Waals surface area contributed by atoms with Gasteiger partial charge in [0.25, 0.3) is 0 Å². The molecule has 23 heavy (non-hydrogen) atoms. The number of carbonyl (C=O) groups excluding carboxylic acids is 1. The zero-order valence-corrected chi connectivity index (χ0v) is 15.3. The summed E-state index contributed by atoms with van der Waals surface area (Å²) in [6.45, 7) is 7.15. The largest absolute Gasteiger partial charge is 0.469 e. The van der Waals surface area contributed by atoms with Crippen molar-refractivity contribution in [1.82, 2.24) is 0 Å². The lowest BCUT2D eigenvalue weighted by molar-refractivity contribution is -0.182. The molecule has 4 aliphatic carbocycles. The van der Waals surface area contributed by atoms with Crippen molar-refractivity contribution in [1.29, 1.82) is 0 Å². The van der Waals surface area contributed by atoms with Gasteiger partial charge in [0.1, 0.15) is 0 Å². The van der Waals surface area contributed by atoms with Crippen LogP contribution in [0.1, 0.15) is 72.1 Å². The average Bonchev–Trinajstić information content (AvgIpc) is 2.76. The highest BCUT2D eigenvalue weighted by Crippen LogP contribution is 2.71. The Hall–Kier alpha value is -0.790. The first-order valence-corrected chi connectivity index (χ1v) is 9.57. The van der Waals surface area contributed by atoms with E-state index in [2.05, 4.69) is 32.9 Å². The topological polar surface area (TPSA) is 26.3 Å². The minimum Gasteiger partial charge on any atom is -0.469 e. The van der Waals surface area contributed by atoms with Crippen molar-refractivity contribution in [3.05, 3.63) is 12.2 Å². The third-order valence-corrected chi connectivity index (χ3v) is 8.57. The predicted molar refractivity (Wildman–Crippen MR) is 91.8 cm³/mol. The van der Waals surface area contributed by atoms with Crippen molar-refractivity contribution in [2.75, 3.05) is 7.11 Å². The van der Waals surface area contributed by atoms with Gasteiger partial charge in [0.05, 0.1) is 12.5 Å². The van der Waals surface area contributed by atoms with Gasteiger partial charge in [-0.15, -0.1) is 0 Å². The molecule has 0 heterocycles. The molecule has 6 atom stereocenters. The zero-order valence-electron chi connectivity index (χ0n) is 15.3. The molecule has 3 saturated carbocycles. The van der Waals surface area contributed by atoms with Gasteiger partial charge in [-0.05, 0) is 80.0 Å². The van der Waals surface area contributed by atoms with Crippen LogP contribution in [0.2, 0.25) is 0 Å². The molecule has 0 saturated heterocycles. The van der Waals surface area contributed by atoms with E-state index in [-0.39, 0.29) is 11.4 Å².